The van der Waals surface area contributed by atoms with E-state index in [1.54, 1.807) is 0 Å². The monoisotopic (exact) mass is 1070 g/mol. The number of benzene rings is 11. The van der Waals surface area contributed by atoms with E-state index in [0.717, 1.165) is 17.1 Å². The van der Waals surface area contributed by atoms with E-state index in [-0.39, 0.29) is 23.0 Å². The van der Waals surface area contributed by atoms with E-state index in [2.05, 4.69) is 327 Å². The van der Waals surface area contributed by atoms with Gasteiger partial charge in [-0.15, -0.1) is 0 Å². The Bertz CT molecular complexity index is 4290. The number of fused-ring (bicyclic) bond motifs is 7. The lowest BCUT2D eigenvalue weighted by Gasteiger charge is -2.45. The van der Waals surface area contributed by atoms with Crippen LogP contribution in [-0.2, 0) is 16.2 Å². The summed E-state index contributed by atoms with van der Waals surface area (Å²) >= 11 is 0. The molecule has 3 aliphatic rings. The van der Waals surface area contributed by atoms with E-state index in [4.69, 9.17) is 0 Å². The van der Waals surface area contributed by atoms with Gasteiger partial charge in [0, 0.05) is 50.9 Å². The SMILES string of the molecule is Cc1cc(C(C)(C)C)cc(C)c1N(c1ccc(-c2ccccc2)cc1)c1ccc2c(c1)N(c1ccc(-c3ccccc3)cc1)c1cc(C(C)(C)C)cc3c1B2c1cc(-c2ccccc2)ccc1N3c1ccc2c(c1)C(C)(C)c1ccccc1-2. The van der Waals surface area contributed by atoms with E-state index < -0.39 is 0 Å². The van der Waals surface area contributed by atoms with Crippen LogP contribution in [0.15, 0.2) is 243 Å². The second-order valence-corrected chi connectivity index (χ2v) is 25.9. The third kappa shape index (κ3) is 8.72. The largest absolute Gasteiger partial charge is 0.311 e. The van der Waals surface area contributed by atoms with Crippen LogP contribution in [0.2, 0.25) is 0 Å². The van der Waals surface area contributed by atoms with E-state index in [1.165, 1.54) is 128 Å². The molecule has 83 heavy (non-hydrogen) atoms. The molecule has 0 atom stereocenters. The predicted octanol–water partition coefficient (Wildman–Crippen LogP) is 19.8. The van der Waals surface area contributed by atoms with Crippen LogP contribution in [0.4, 0.5) is 51.2 Å². The van der Waals surface area contributed by atoms with Crippen molar-refractivity contribution in [1.29, 1.82) is 0 Å². The first-order valence-electron chi connectivity index (χ1n) is 29.6. The zero-order valence-electron chi connectivity index (χ0n) is 49.5. The van der Waals surface area contributed by atoms with Gasteiger partial charge in [0.25, 0.3) is 6.71 Å². The normalized spacial score (nSPS) is 13.7. The molecule has 0 bridgehead atoms. The maximum atomic E-state index is 2.61. The predicted molar refractivity (Wildman–Crippen MR) is 356 cm³/mol. The van der Waals surface area contributed by atoms with Crippen molar-refractivity contribution in [3.63, 3.8) is 0 Å². The summed E-state index contributed by atoms with van der Waals surface area (Å²) in [5, 5.41) is 0. The highest BCUT2D eigenvalue weighted by Gasteiger charge is 2.45. The van der Waals surface area contributed by atoms with Crippen molar-refractivity contribution in [2.24, 2.45) is 0 Å². The van der Waals surface area contributed by atoms with Gasteiger partial charge in [-0.2, -0.15) is 0 Å². The summed E-state index contributed by atoms with van der Waals surface area (Å²) in [4.78, 5) is 7.73. The van der Waals surface area contributed by atoms with Crippen molar-refractivity contribution in [3.05, 3.63) is 276 Å². The lowest BCUT2D eigenvalue weighted by Crippen LogP contribution is -2.61. The minimum atomic E-state index is -0.187. The van der Waals surface area contributed by atoms with Gasteiger partial charge in [0.15, 0.2) is 0 Å². The Morgan fingerprint density at radius 3 is 1.42 bits per heavy atom. The molecule has 0 radical (unpaired) electrons. The molecule has 1 aliphatic carbocycles. The maximum Gasteiger partial charge on any atom is 0.252 e. The molecule has 0 spiro atoms. The lowest BCUT2D eigenvalue weighted by atomic mass is 9.33. The Morgan fingerprint density at radius 2 is 0.831 bits per heavy atom. The molecule has 0 aromatic heterocycles. The Hall–Kier alpha value is -9.12. The Balaban J connectivity index is 1.05. The van der Waals surface area contributed by atoms with Gasteiger partial charge in [0.2, 0.25) is 0 Å². The van der Waals surface area contributed by atoms with Crippen LogP contribution >= 0.6 is 0 Å². The summed E-state index contributed by atoms with van der Waals surface area (Å²) in [6.45, 7) is 23.3. The van der Waals surface area contributed by atoms with Gasteiger partial charge in [0.05, 0.1) is 5.69 Å². The standard InChI is InChI=1S/C79H70BN3/c1-51-44-59(77(3,4)5)45-52(2)76(51)81(61-35-30-56(31-36-61)53-22-14-11-15-23-53)64-40-42-69-72(50-64)82(62-37-32-57(33-38-62)54-24-16-12-17-25-54)73-47-60(78(6,7)8)48-74-75(73)80(69)70-46-58(55-26-18-13-19-27-55)34-43-71(70)83(74)63-39-41-66-65-28-20-21-29-67(65)79(9,10)68(66)49-63/h11-50H,1-10H3. The molecule has 11 aromatic carbocycles. The highest BCUT2D eigenvalue weighted by atomic mass is 15.2. The molecule has 11 aromatic rings. The number of hydrogen-bond acceptors (Lipinski definition) is 3. The third-order valence-electron chi connectivity index (χ3n) is 18.2. The summed E-state index contributed by atoms with van der Waals surface area (Å²) in [5.41, 5.74) is 31.7. The van der Waals surface area contributed by atoms with Crippen LogP contribution in [0, 0.1) is 13.8 Å². The van der Waals surface area contributed by atoms with Gasteiger partial charge >= 0.3 is 0 Å². The summed E-state index contributed by atoms with van der Waals surface area (Å²) < 4.78 is 0. The fourth-order valence-corrected chi connectivity index (χ4v) is 13.8. The molecule has 0 saturated heterocycles. The third-order valence-corrected chi connectivity index (χ3v) is 18.2. The first-order chi connectivity index (χ1) is 40.0. The van der Waals surface area contributed by atoms with Crippen LogP contribution in [0.25, 0.3) is 44.5 Å². The van der Waals surface area contributed by atoms with E-state index in [9.17, 15) is 0 Å². The molecular formula is C79H70BN3. The van der Waals surface area contributed by atoms with Crippen molar-refractivity contribution in [2.45, 2.75) is 85.5 Å². The Morgan fingerprint density at radius 1 is 0.361 bits per heavy atom. The molecule has 404 valence electrons. The molecular weight excluding hydrogens is 1000 g/mol. The lowest BCUT2D eigenvalue weighted by molar-refractivity contribution is 0.589. The molecule has 4 heteroatoms. The first kappa shape index (κ1) is 52.0. The maximum absolute atomic E-state index is 2.61. The molecule has 14 rings (SSSR count). The second-order valence-electron chi connectivity index (χ2n) is 25.9. The fourth-order valence-electron chi connectivity index (χ4n) is 13.8. The zero-order chi connectivity index (χ0) is 57.1. The number of hydrogen-bond donors (Lipinski definition) is 0. The van der Waals surface area contributed by atoms with Gasteiger partial charge in [-0.05, 0) is 186 Å². The molecule has 0 N–H and O–H groups in total. The molecule has 2 aliphatic heterocycles. The van der Waals surface area contributed by atoms with Crippen molar-refractivity contribution >= 4 is 74.3 Å². The van der Waals surface area contributed by atoms with Crippen LogP contribution in [0.1, 0.15) is 88.8 Å². The van der Waals surface area contributed by atoms with Crippen molar-refractivity contribution in [1.82, 2.24) is 0 Å². The van der Waals surface area contributed by atoms with Gasteiger partial charge in [0.1, 0.15) is 0 Å². The van der Waals surface area contributed by atoms with Crippen LogP contribution in [0.5, 0.6) is 0 Å². The van der Waals surface area contributed by atoms with Crippen LogP contribution in [0.3, 0.4) is 0 Å². The molecule has 0 saturated carbocycles. The zero-order valence-corrected chi connectivity index (χ0v) is 49.5. The number of anilines is 9. The second kappa shape index (κ2) is 19.5. The smallest absolute Gasteiger partial charge is 0.252 e. The Labute approximate surface area is 492 Å². The average molecular weight is 1070 g/mol. The Kier molecular flexibility index (Phi) is 12.2. The average Bonchev–Trinajstić information content (AvgIpc) is 1.25. The topological polar surface area (TPSA) is 9.72 Å². The van der Waals surface area contributed by atoms with Crippen LogP contribution in [-0.4, -0.2) is 6.71 Å². The van der Waals surface area contributed by atoms with Gasteiger partial charge in [-0.1, -0.05) is 231 Å². The fraction of sp³-hybridized carbons (Fsp3) is 0.165. The summed E-state index contributed by atoms with van der Waals surface area (Å²) in [7, 11) is 0. The number of rotatable bonds is 8. The molecule has 2 heterocycles. The van der Waals surface area contributed by atoms with Gasteiger partial charge in [-0.25, -0.2) is 0 Å². The first-order valence-corrected chi connectivity index (χ1v) is 29.6. The highest BCUT2D eigenvalue weighted by molar-refractivity contribution is 7.00. The van der Waals surface area contributed by atoms with Crippen molar-refractivity contribution < 1.29 is 0 Å². The molecule has 3 nitrogen and oxygen atoms in total. The van der Waals surface area contributed by atoms with E-state index in [0.29, 0.717) is 0 Å². The van der Waals surface area contributed by atoms with E-state index in [1.807, 2.05) is 0 Å². The number of nitrogens with zero attached hydrogens (tertiary/aromatic N) is 3. The molecule has 0 amide bonds. The van der Waals surface area contributed by atoms with Crippen molar-refractivity contribution in [3.8, 4) is 44.5 Å². The summed E-state index contributed by atoms with van der Waals surface area (Å²) in [5.74, 6) is 0. The minimum Gasteiger partial charge on any atom is -0.311 e. The highest BCUT2D eigenvalue weighted by Crippen LogP contribution is 2.53. The van der Waals surface area contributed by atoms with Gasteiger partial charge < -0.3 is 14.7 Å². The van der Waals surface area contributed by atoms with Crippen LogP contribution < -0.4 is 31.1 Å². The summed E-state index contributed by atoms with van der Waals surface area (Å²) in [6, 6.07) is 91.7. The quantitative estimate of drug-likeness (QED) is 0.140. The molecule has 0 unspecified atom stereocenters. The van der Waals surface area contributed by atoms with E-state index >= 15 is 0 Å². The van der Waals surface area contributed by atoms with Crippen molar-refractivity contribution in [2.75, 3.05) is 14.7 Å². The summed E-state index contributed by atoms with van der Waals surface area (Å²) in [6.07, 6.45) is 0. The minimum absolute atomic E-state index is 0.00796. The molecule has 0 fully saturated rings. The van der Waals surface area contributed by atoms with Gasteiger partial charge in [-0.3, -0.25) is 0 Å². The number of aryl methyl sites for hydroxylation is 2.